The first-order chi connectivity index (χ1) is 12.8. The minimum Gasteiger partial charge on any atom is -0.376 e. The molecule has 1 atom stereocenters. The van der Waals surface area contributed by atoms with E-state index in [4.69, 9.17) is 4.74 Å². The number of carbonyl (C=O) groups excluding carboxylic acids is 1. The zero-order valence-electron chi connectivity index (χ0n) is 14.2. The van der Waals surface area contributed by atoms with Crippen molar-refractivity contribution >= 4 is 28.3 Å². The van der Waals surface area contributed by atoms with Crippen molar-refractivity contribution in [1.29, 1.82) is 0 Å². The van der Waals surface area contributed by atoms with Crippen LogP contribution >= 0.6 is 0 Å². The van der Waals surface area contributed by atoms with Crippen LogP contribution in [0.25, 0.3) is 10.9 Å². The Morgan fingerprint density at radius 3 is 2.88 bits per heavy atom. The number of hydrogen-bond acceptors (Lipinski definition) is 6. The van der Waals surface area contributed by atoms with Crippen LogP contribution in [0.5, 0.6) is 0 Å². The fourth-order valence-corrected chi connectivity index (χ4v) is 2.96. The number of nitrogens with zero attached hydrogens (tertiary/aromatic N) is 3. The summed E-state index contributed by atoms with van der Waals surface area (Å²) in [5, 5.41) is 15.1. The van der Waals surface area contributed by atoms with E-state index in [1.54, 1.807) is 18.3 Å². The number of carbonyl (C=O) groups is 1. The van der Waals surface area contributed by atoms with Crippen molar-refractivity contribution < 1.29 is 9.53 Å². The van der Waals surface area contributed by atoms with Gasteiger partial charge in [-0.1, -0.05) is 18.2 Å². The summed E-state index contributed by atoms with van der Waals surface area (Å²) in [6, 6.07) is 12.9. The molecule has 0 radical (unpaired) electrons. The highest BCUT2D eigenvalue weighted by atomic mass is 16.5. The molecule has 1 aliphatic heterocycles. The first-order valence-corrected chi connectivity index (χ1v) is 8.64. The number of aromatic nitrogens is 3. The van der Waals surface area contributed by atoms with Gasteiger partial charge in [0.2, 0.25) is 0 Å². The van der Waals surface area contributed by atoms with E-state index in [-0.39, 0.29) is 17.7 Å². The average Bonchev–Trinajstić information content (AvgIpc) is 3.21. The van der Waals surface area contributed by atoms with Crippen LogP contribution in [0.3, 0.4) is 0 Å². The molecule has 0 aliphatic carbocycles. The minimum absolute atomic E-state index is 0.221. The van der Waals surface area contributed by atoms with Gasteiger partial charge < -0.3 is 15.4 Å². The van der Waals surface area contributed by atoms with E-state index in [0.717, 1.165) is 30.4 Å². The van der Waals surface area contributed by atoms with Crippen LogP contribution in [-0.4, -0.2) is 40.3 Å². The van der Waals surface area contributed by atoms with E-state index < -0.39 is 0 Å². The smallest absolute Gasteiger partial charge is 0.276 e. The van der Waals surface area contributed by atoms with Gasteiger partial charge in [-0.15, -0.1) is 10.2 Å². The molecule has 7 nitrogen and oxygen atoms in total. The molecule has 0 saturated carbocycles. The molecule has 1 unspecified atom stereocenters. The molecule has 1 aliphatic rings. The van der Waals surface area contributed by atoms with Crippen LogP contribution in [0.1, 0.15) is 23.3 Å². The van der Waals surface area contributed by atoms with E-state index in [0.29, 0.717) is 18.1 Å². The molecule has 7 heteroatoms. The Hall–Kier alpha value is -3.06. The summed E-state index contributed by atoms with van der Waals surface area (Å²) in [6.45, 7) is 1.52. The lowest BCUT2D eigenvalue weighted by atomic mass is 10.2. The fraction of sp³-hybridized carbons (Fsp3) is 0.263. The predicted octanol–water partition coefficient (Wildman–Crippen LogP) is 2.87. The van der Waals surface area contributed by atoms with E-state index in [2.05, 4.69) is 25.8 Å². The molecule has 1 fully saturated rings. The number of fused-ring (bicyclic) bond motifs is 1. The minimum atomic E-state index is -0.318. The molecule has 3 heterocycles. The molecule has 2 N–H and O–H groups in total. The lowest BCUT2D eigenvalue weighted by Crippen LogP contribution is -2.20. The number of anilines is 2. The Morgan fingerprint density at radius 1 is 1.15 bits per heavy atom. The van der Waals surface area contributed by atoms with Crippen LogP contribution in [0.4, 0.5) is 11.5 Å². The zero-order valence-corrected chi connectivity index (χ0v) is 14.2. The van der Waals surface area contributed by atoms with Crippen molar-refractivity contribution in [2.45, 2.75) is 18.9 Å². The van der Waals surface area contributed by atoms with Gasteiger partial charge in [0.25, 0.3) is 5.91 Å². The van der Waals surface area contributed by atoms with E-state index >= 15 is 0 Å². The summed E-state index contributed by atoms with van der Waals surface area (Å²) in [5.74, 6) is 0.310. The SMILES string of the molecule is O=C(Nc1cccc2cccnc12)c1ccc(NCC2CCCO2)nn1. The van der Waals surface area contributed by atoms with Crippen molar-refractivity contribution in [2.75, 3.05) is 23.8 Å². The Kier molecular flexibility index (Phi) is 4.70. The van der Waals surface area contributed by atoms with Gasteiger partial charge >= 0.3 is 0 Å². The van der Waals surface area contributed by atoms with Gasteiger partial charge in [0, 0.05) is 24.7 Å². The Bertz CT molecular complexity index is 902. The molecule has 2 aromatic heterocycles. The monoisotopic (exact) mass is 349 g/mol. The maximum Gasteiger partial charge on any atom is 0.276 e. The summed E-state index contributed by atoms with van der Waals surface area (Å²) in [4.78, 5) is 16.8. The second kappa shape index (κ2) is 7.45. The number of benzene rings is 1. The summed E-state index contributed by atoms with van der Waals surface area (Å²) in [7, 11) is 0. The van der Waals surface area contributed by atoms with Gasteiger partial charge in [-0.3, -0.25) is 9.78 Å². The molecular weight excluding hydrogens is 330 g/mol. The van der Waals surface area contributed by atoms with Crippen molar-refractivity contribution in [3.05, 3.63) is 54.4 Å². The third-order valence-electron chi connectivity index (χ3n) is 4.31. The van der Waals surface area contributed by atoms with Gasteiger partial charge in [-0.2, -0.15) is 0 Å². The summed E-state index contributed by atoms with van der Waals surface area (Å²) in [5.41, 5.74) is 1.64. The molecule has 1 aromatic carbocycles. The summed E-state index contributed by atoms with van der Waals surface area (Å²) < 4.78 is 5.56. The van der Waals surface area contributed by atoms with Gasteiger partial charge in [-0.25, -0.2) is 0 Å². The van der Waals surface area contributed by atoms with E-state index in [9.17, 15) is 4.79 Å². The summed E-state index contributed by atoms with van der Waals surface area (Å²) in [6.07, 6.45) is 4.07. The number of ether oxygens (including phenoxy) is 1. The number of nitrogens with one attached hydrogen (secondary N) is 2. The molecule has 132 valence electrons. The highest BCUT2D eigenvalue weighted by Gasteiger charge is 2.15. The van der Waals surface area contributed by atoms with Crippen LogP contribution in [-0.2, 0) is 4.74 Å². The zero-order chi connectivity index (χ0) is 17.8. The van der Waals surface area contributed by atoms with Crippen molar-refractivity contribution in [3.8, 4) is 0 Å². The highest BCUT2D eigenvalue weighted by Crippen LogP contribution is 2.21. The number of rotatable bonds is 5. The van der Waals surface area contributed by atoms with Gasteiger partial charge in [0.15, 0.2) is 5.69 Å². The van der Waals surface area contributed by atoms with Gasteiger partial charge in [-0.05, 0) is 37.1 Å². The van der Waals surface area contributed by atoms with Gasteiger partial charge in [0.1, 0.15) is 5.82 Å². The maximum absolute atomic E-state index is 12.5. The quantitative estimate of drug-likeness (QED) is 0.736. The van der Waals surface area contributed by atoms with Crippen LogP contribution < -0.4 is 10.6 Å². The third kappa shape index (κ3) is 3.62. The molecule has 0 spiro atoms. The van der Waals surface area contributed by atoms with E-state index in [1.807, 2.05) is 30.3 Å². The normalized spacial score (nSPS) is 16.5. The topological polar surface area (TPSA) is 89.0 Å². The van der Waals surface area contributed by atoms with Crippen molar-refractivity contribution in [2.24, 2.45) is 0 Å². The van der Waals surface area contributed by atoms with Crippen LogP contribution in [0.2, 0.25) is 0 Å². The Balaban J connectivity index is 1.42. The maximum atomic E-state index is 12.5. The molecule has 26 heavy (non-hydrogen) atoms. The van der Waals surface area contributed by atoms with Crippen molar-refractivity contribution in [3.63, 3.8) is 0 Å². The van der Waals surface area contributed by atoms with Crippen LogP contribution in [0, 0.1) is 0 Å². The van der Waals surface area contributed by atoms with Crippen molar-refractivity contribution in [1.82, 2.24) is 15.2 Å². The number of pyridine rings is 1. The standard InChI is InChI=1S/C19H19N5O2/c25-19(22-15-7-1-4-13-5-2-10-20-18(13)15)16-8-9-17(24-23-16)21-12-14-6-3-11-26-14/h1-2,4-5,7-10,14H,3,6,11-12H2,(H,21,24)(H,22,25). The first-order valence-electron chi connectivity index (χ1n) is 8.64. The molecule has 4 rings (SSSR count). The highest BCUT2D eigenvalue weighted by molar-refractivity contribution is 6.07. The number of hydrogen-bond donors (Lipinski definition) is 2. The molecule has 1 saturated heterocycles. The van der Waals surface area contributed by atoms with Crippen LogP contribution in [0.15, 0.2) is 48.7 Å². The second-order valence-corrected chi connectivity index (χ2v) is 6.15. The molecular formula is C19H19N5O2. The van der Waals surface area contributed by atoms with E-state index in [1.165, 1.54) is 0 Å². The first kappa shape index (κ1) is 16.4. The average molecular weight is 349 g/mol. The summed E-state index contributed by atoms with van der Waals surface area (Å²) >= 11 is 0. The van der Waals surface area contributed by atoms with Gasteiger partial charge in [0.05, 0.1) is 17.3 Å². The molecule has 0 bridgehead atoms. The lowest BCUT2D eigenvalue weighted by Gasteiger charge is -2.11. The molecule has 1 amide bonds. The predicted molar refractivity (Wildman–Crippen MR) is 99.2 cm³/mol. The number of para-hydroxylation sites is 1. The third-order valence-corrected chi connectivity index (χ3v) is 4.31. The second-order valence-electron chi connectivity index (χ2n) is 6.15. The fourth-order valence-electron chi connectivity index (χ4n) is 2.96. The molecule has 3 aromatic rings. The number of amides is 1. The Morgan fingerprint density at radius 2 is 2.08 bits per heavy atom. The Labute approximate surface area is 150 Å². The largest absolute Gasteiger partial charge is 0.376 e. The lowest BCUT2D eigenvalue weighted by molar-refractivity contribution is 0.102.